The minimum Gasteiger partial charge on any atom is -0.451 e. The number of carbonyl (C=O) groups is 3. The maximum absolute atomic E-state index is 12.2. The minimum absolute atomic E-state index is 0.397. The van der Waals surface area contributed by atoms with Gasteiger partial charge in [0.15, 0.2) is 6.61 Å². The van der Waals surface area contributed by atoms with E-state index in [0.717, 1.165) is 16.7 Å². The van der Waals surface area contributed by atoms with E-state index < -0.39 is 24.5 Å². The Labute approximate surface area is 143 Å². The van der Waals surface area contributed by atoms with E-state index in [1.54, 1.807) is 12.3 Å². The second kappa shape index (κ2) is 8.26. The van der Waals surface area contributed by atoms with Gasteiger partial charge in [-0.15, -0.1) is 11.3 Å². The van der Waals surface area contributed by atoms with Gasteiger partial charge in [-0.1, -0.05) is 29.8 Å². The highest BCUT2D eigenvalue weighted by molar-refractivity contribution is 7.12. The number of carbonyl (C=O) groups excluding carboxylic acids is 3. The Kier molecular flexibility index (Phi) is 6.08. The maximum Gasteiger partial charge on any atom is 0.349 e. The molecule has 3 amide bonds. The molecule has 0 aliphatic rings. The van der Waals surface area contributed by atoms with E-state index in [-0.39, 0.29) is 0 Å². The fraction of sp³-hybridized carbons (Fsp3) is 0.235. The number of amides is 3. The van der Waals surface area contributed by atoms with Gasteiger partial charge in [-0.2, -0.15) is 0 Å². The number of rotatable bonds is 5. The van der Waals surface area contributed by atoms with Gasteiger partial charge in [-0.25, -0.2) is 9.59 Å². The molecule has 0 radical (unpaired) electrons. The molecule has 2 N–H and O–H groups in total. The fourth-order valence-corrected chi connectivity index (χ4v) is 2.80. The molecule has 0 atom stereocenters. The molecule has 2 rings (SSSR count). The quantitative estimate of drug-likeness (QED) is 0.815. The number of nitrogens with one attached hydrogen (secondary N) is 2. The van der Waals surface area contributed by atoms with Crippen LogP contribution in [0.25, 0.3) is 11.1 Å². The smallest absolute Gasteiger partial charge is 0.349 e. The van der Waals surface area contributed by atoms with Gasteiger partial charge < -0.3 is 10.1 Å². The molecule has 1 heterocycles. The van der Waals surface area contributed by atoms with E-state index in [9.17, 15) is 14.4 Å². The lowest BCUT2D eigenvalue weighted by atomic mass is 10.1. The number of ether oxygens (including phenoxy) is 1. The molecule has 6 nitrogen and oxygen atoms in total. The van der Waals surface area contributed by atoms with E-state index >= 15 is 0 Å². The number of hydrogen-bond acceptors (Lipinski definition) is 5. The van der Waals surface area contributed by atoms with E-state index in [1.807, 2.05) is 37.3 Å². The van der Waals surface area contributed by atoms with Gasteiger partial charge in [0.1, 0.15) is 4.88 Å². The number of hydrogen-bond donors (Lipinski definition) is 2. The summed E-state index contributed by atoms with van der Waals surface area (Å²) in [6.07, 6.45) is 0. The molecule has 0 bridgehead atoms. The van der Waals surface area contributed by atoms with Crippen molar-refractivity contribution in [3.05, 3.63) is 46.2 Å². The molecule has 0 aliphatic heterocycles. The summed E-state index contributed by atoms with van der Waals surface area (Å²) in [5, 5.41) is 6.28. The predicted molar refractivity (Wildman–Crippen MR) is 92.0 cm³/mol. The number of urea groups is 1. The molecule has 0 fully saturated rings. The highest BCUT2D eigenvalue weighted by Gasteiger charge is 2.17. The van der Waals surface area contributed by atoms with Crippen molar-refractivity contribution in [2.24, 2.45) is 0 Å². The van der Waals surface area contributed by atoms with Crippen molar-refractivity contribution in [1.82, 2.24) is 10.6 Å². The molecule has 1 aromatic heterocycles. The van der Waals surface area contributed by atoms with E-state index in [0.29, 0.717) is 11.4 Å². The van der Waals surface area contributed by atoms with Crippen molar-refractivity contribution in [2.45, 2.75) is 13.8 Å². The molecule has 126 valence electrons. The second-order valence-electron chi connectivity index (χ2n) is 5.01. The number of benzene rings is 1. The largest absolute Gasteiger partial charge is 0.451 e. The molecular formula is C17H18N2O4S. The van der Waals surface area contributed by atoms with Crippen LogP contribution in [-0.2, 0) is 9.53 Å². The molecule has 0 saturated heterocycles. The van der Waals surface area contributed by atoms with Crippen LogP contribution in [0.2, 0.25) is 0 Å². The zero-order valence-corrected chi connectivity index (χ0v) is 14.2. The number of esters is 1. The zero-order valence-electron chi connectivity index (χ0n) is 13.4. The first-order valence-corrected chi connectivity index (χ1v) is 8.28. The van der Waals surface area contributed by atoms with Crippen molar-refractivity contribution in [3.63, 3.8) is 0 Å². The first-order chi connectivity index (χ1) is 11.5. The SMILES string of the molecule is CCNC(=O)NC(=O)COC(=O)c1sccc1-c1ccc(C)cc1. The summed E-state index contributed by atoms with van der Waals surface area (Å²) in [4.78, 5) is 35.4. The van der Waals surface area contributed by atoms with Crippen molar-refractivity contribution in [2.75, 3.05) is 13.2 Å². The van der Waals surface area contributed by atoms with Gasteiger partial charge in [-0.05, 0) is 30.9 Å². The minimum atomic E-state index is -0.678. The Morgan fingerprint density at radius 3 is 2.50 bits per heavy atom. The lowest BCUT2D eigenvalue weighted by Crippen LogP contribution is -2.41. The van der Waals surface area contributed by atoms with Crippen LogP contribution in [0.1, 0.15) is 22.2 Å². The van der Waals surface area contributed by atoms with E-state index in [4.69, 9.17) is 4.74 Å². The summed E-state index contributed by atoms with van der Waals surface area (Å²) in [5.41, 5.74) is 2.79. The molecule has 24 heavy (non-hydrogen) atoms. The van der Waals surface area contributed by atoms with Crippen LogP contribution in [0.5, 0.6) is 0 Å². The van der Waals surface area contributed by atoms with Crippen LogP contribution in [0.15, 0.2) is 35.7 Å². The summed E-state index contributed by atoms with van der Waals surface area (Å²) in [6, 6.07) is 8.99. The normalized spacial score (nSPS) is 10.1. The summed E-state index contributed by atoms with van der Waals surface area (Å²) in [6.45, 7) is 3.60. The first kappa shape index (κ1) is 17.7. The summed E-state index contributed by atoms with van der Waals surface area (Å²) in [5.74, 6) is -1.27. The maximum atomic E-state index is 12.2. The van der Waals surface area contributed by atoms with Gasteiger partial charge in [0.25, 0.3) is 5.91 Å². The molecule has 0 spiro atoms. The van der Waals surface area contributed by atoms with Crippen molar-refractivity contribution in [1.29, 1.82) is 0 Å². The van der Waals surface area contributed by atoms with Crippen LogP contribution in [0, 0.1) is 6.92 Å². The Balaban J connectivity index is 1.99. The molecule has 1 aromatic carbocycles. The van der Waals surface area contributed by atoms with Crippen LogP contribution in [0.3, 0.4) is 0 Å². The summed E-state index contributed by atoms with van der Waals surface area (Å²) < 4.78 is 4.99. The van der Waals surface area contributed by atoms with E-state index in [1.165, 1.54) is 11.3 Å². The third-order valence-corrected chi connectivity index (χ3v) is 4.03. The molecular weight excluding hydrogens is 328 g/mol. The van der Waals surface area contributed by atoms with Crippen molar-refractivity contribution >= 4 is 29.2 Å². The third-order valence-electron chi connectivity index (χ3n) is 3.14. The monoisotopic (exact) mass is 346 g/mol. The van der Waals surface area contributed by atoms with Gasteiger partial charge in [0.2, 0.25) is 0 Å². The van der Waals surface area contributed by atoms with E-state index in [2.05, 4.69) is 10.6 Å². The Bertz CT molecular complexity index is 737. The third kappa shape index (κ3) is 4.66. The van der Waals surface area contributed by atoms with Gasteiger partial charge >= 0.3 is 12.0 Å². The number of imide groups is 1. The molecule has 0 saturated carbocycles. The fourth-order valence-electron chi connectivity index (χ4n) is 1.99. The highest BCUT2D eigenvalue weighted by atomic mass is 32.1. The zero-order chi connectivity index (χ0) is 17.5. The Morgan fingerprint density at radius 2 is 1.83 bits per heavy atom. The number of aryl methyl sites for hydroxylation is 1. The summed E-state index contributed by atoms with van der Waals surface area (Å²) >= 11 is 1.24. The average molecular weight is 346 g/mol. The van der Waals surface area contributed by atoms with Gasteiger partial charge in [0, 0.05) is 12.1 Å². The molecule has 2 aromatic rings. The molecule has 0 aliphatic carbocycles. The topological polar surface area (TPSA) is 84.5 Å². The van der Waals surface area contributed by atoms with Gasteiger partial charge in [0.05, 0.1) is 0 Å². The number of thiophene rings is 1. The lowest BCUT2D eigenvalue weighted by molar-refractivity contribution is -0.123. The predicted octanol–water partition coefficient (Wildman–Crippen LogP) is 2.73. The van der Waals surface area contributed by atoms with Crippen molar-refractivity contribution < 1.29 is 19.1 Å². The van der Waals surface area contributed by atoms with Gasteiger partial charge in [-0.3, -0.25) is 10.1 Å². The standard InChI is InChI=1S/C17H18N2O4S/c1-3-18-17(22)19-14(20)10-23-16(21)15-13(8-9-24-15)12-6-4-11(2)5-7-12/h4-9H,3,10H2,1-2H3,(H2,18,19,20,22). The van der Waals surface area contributed by atoms with Crippen LogP contribution >= 0.6 is 11.3 Å². The van der Waals surface area contributed by atoms with Crippen molar-refractivity contribution in [3.8, 4) is 11.1 Å². The highest BCUT2D eigenvalue weighted by Crippen LogP contribution is 2.29. The molecule has 0 unspecified atom stereocenters. The average Bonchev–Trinajstić information content (AvgIpc) is 3.03. The Hall–Kier alpha value is -2.67. The van der Waals surface area contributed by atoms with Crippen LogP contribution in [0.4, 0.5) is 4.79 Å². The Morgan fingerprint density at radius 1 is 1.12 bits per heavy atom. The second-order valence-corrected chi connectivity index (χ2v) is 5.93. The summed E-state index contributed by atoms with van der Waals surface area (Å²) in [7, 11) is 0. The lowest BCUT2D eigenvalue weighted by Gasteiger charge is -2.07. The molecule has 7 heteroatoms. The van der Waals surface area contributed by atoms with Crippen LogP contribution in [-0.4, -0.2) is 31.1 Å². The first-order valence-electron chi connectivity index (χ1n) is 7.40. The van der Waals surface area contributed by atoms with Crippen LogP contribution < -0.4 is 10.6 Å².